The molecule has 0 spiro atoms. The van der Waals surface area contributed by atoms with E-state index in [2.05, 4.69) is 36.1 Å². The highest BCUT2D eigenvalue weighted by atomic mass is 16.5. The molecule has 1 rings (SSSR count). The maximum Gasteiger partial charge on any atom is 0.328 e. The number of esters is 1. The van der Waals surface area contributed by atoms with Crippen molar-refractivity contribution in [1.82, 2.24) is 5.32 Å². The molecule has 1 aromatic carbocycles. The zero-order chi connectivity index (χ0) is 38.8. The summed E-state index contributed by atoms with van der Waals surface area (Å²) in [5.41, 5.74) is 0.970. The van der Waals surface area contributed by atoms with E-state index < -0.39 is 12.0 Å². The molecule has 9 heteroatoms. The second-order valence-corrected chi connectivity index (χ2v) is 14.0. The van der Waals surface area contributed by atoms with E-state index in [0.29, 0.717) is 31.6 Å². The number of hydrogen-bond acceptors (Lipinski definition) is 8. The predicted octanol–water partition coefficient (Wildman–Crippen LogP) is 8.77. The summed E-state index contributed by atoms with van der Waals surface area (Å²) in [7, 11) is 3.01. The van der Waals surface area contributed by atoms with Gasteiger partial charge in [-0.2, -0.15) is 0 Å². The molecule has 3 atom stereocenters. The van der Waals surface area contributed by atoms with Crippen LogP contribution in [0.15, 0.2) is 36.4 Å². The lowest BCUT2D eigenvalue weighted by Crippen LogP contribution is -2.38. The van der Waals surface area contributed by atoms with Crippen LogP contribution >= 0.6 is 0 Å². The largest absolute Gasteiger partial charge is 0.494 e. The van der Waals surface area contributed by atoms with Gasteiger partial charge in [0.2, 0.25) is 6.41 Å². The van der Waals surface area contributed by atoms with Gasteiger partial charge >= 0.3 is 5.97 Å². The zero-order valence-corrected chi connectivity index (χ0v) is 33.4. The maximum absolute atomic E-state index is 11.8. The van der Waals surface area contributed by atoms with Crippen LogP contribution < -0.4 is 10.1 Å². The molecule has 0 radical (unpaired) electrons. The first-order chi connectivity index (χ1) is 24.4. The van der Waals surface area contributed by atoms with Gasteiger partial charge in [0.25, 0.3) is 0 Å². The van der Waals surface area contributed by atoms with Crippen molar-refractivity contribution in [2.45, 2.75) is 156 Å². The maximum atomic E-state index is 11.8. The van der Waals surface area contributed by atoms with E-state index in [4.69, 9.17) is 14.6 Å². The molecule has 0 aliphatic heterocycles. The second-order valence-electron chi connectivity index (χ2n) is 14.0. The third-order valence-corrected chi connectivity index (χ3v) is 8.38. The molecule has 1 unspecified atom stereocenters. The minimum absolute atomic E-state index is 0.0417. The van der Waals surface area contributed by atoms with Crippen molar-refractivity contribution >= 4 is 24.4 Å². The number of Topliss-reactive ketones (excluding diaryl/α,β-unsaturated/α-hetero) is 1. The molecule has 51 heavy (non-hydrogen) atoms. The zero-order valence-electron chi connectivity index (χ0n) is 33.4. The van der Waals surface area contributed by atoms with Crippen LogP contribution in [-0.4, -0.2) is 68.6 Å². The first kappa shape index (κ1) is 50.1. The number of aliphatic hydroxyl groups excluding tert-OH is 1. The highest BCUT2D eigenvalue weighted by Gasteiger charge is 2.18. The minimum Gasteiger partial charge on any atom is -0.494 e. The number of nitrogens with one attached hydrogen (secondary N) is 1. The number of ketones is 1. The molecule has 0 heterocycles. The lowest BCUT2D eigenvalue weighted by atomic mass is 9.92. The van der Waals surface area contributed by atoms with Crippen LogP contribution in [0.25, 0.3) is 0 Å². The Morgan fingerprint density at radius 1 is 0.863 bits per heavy atom. The van der Waals surface area contributed by atoms with E-state index in [1.165, 1.54) is 32.8 Å². The average Bonchev–Trinajstić information content (AvgIpc) is 3.12. The Bertz CT molecular complexity index is 1020. The molecular formula is C42H73NO8. The number of amides is 1. The van der Waals surface area contributed by atoms with Crippen molar-refractivity contribution in [3.63, 3.8) is 0 Å². The number of ether oxygens (including phenoxy) is 3. The number of rotatable bonds is 27. The van der Waals surface area contributed by atoms with E-state index >= 15 is 0 Å². The molecule has 0 saturated carbocycles. The van der Waals surface area contributed by atoms with Crippen LogP contribution in [0, 0.1) is 11.8 Å². The van der Waals surface area contributed by atoms with Crippen LogP contribution in [-0.2, 0) is 35.1 Å². The van der Waals surface area contributed by atoms with Gasteiger partial charge in [0.1, 0.15) is 23.9 Å². The van der Waals surface area contributed by atoms with Crippen molar-refractivity contribution in [2.75, 3.05) is 27.4 Å². The number of carbonyl (C=O) groups excluding carboxylic acids is 4. The number of hydrogen-bond donors (Lipinski definition) is 2. The molecule has 0 aliphatic carbocycles. The molecule has 1 aromatic rings. The third-order valence-electron chi connectivity index (χ3n) is 8.38. The fourth-order valence-electron chi connectivity index (χ4n) is 4.77. The Morgan fingerprint density at radius 3 is 1.92 bits per heavy atom. The fraction of sp³-hybridized carbons (Fsp3) is 0.714. The topological polar surface area (TPSA) is 128 Å². The number of aliphatic hydroxyl groups is 1. The summed E-state index contributed by atoms with van der Waals surface area (Å²) in [6.07, 6.45) is 21.8. The summed E-state index contributed by atoms with van der Waals surface area (Å²) >= 11 is 0. The first-order valence-corrected chi connectivity index (χ1v) is 19.2. The van der Waals surface area contributed by atoms with Crippen molar-refractivity contribution in [1.29, 1.82) is 0 Å². The molecule has 0 fully saturated rings. The summed E-state index contributed by atoms with van der Waals surface area (Å²) in [6.45, 7) is 13.2. The molecule has 9 nitrogen and oxygen atoms in total. The van der Waals surface area contributed by atoms with Crippen LogP contribution in [0.2, 0.25) is 0 Å². The number of aldehydes is 1. The Labute approximate surface area is 310 Å². The third kappa shape index (κ3) is 31.4. The van der Waals surface area contributed by atoms with Crippen LogP contribution in [0.4, 0.5) is 0 Å². The smallest absolute Gasteiger partial charge is 0.328 e. The number of benzene rings is 1. The lowest BCUT2D eigenvalue weighted by Gasteiger charge is -2.14. The van der Waals surface area contributed by atoms with E-state index in [9.17, 15) is 19.2 Å². The molecule has 0 aromatic heterocycles. The van der Waals surface area contributed by atoms with E-state index in [-0.39, 0.29) is 24.0 Å². The summed E-state index contributed by atoms with van der Waals surface area (Å²) in [4.78, 5) is 44.7. The van der Waals surface area contributed by atoms with Gasteiger partial charge in [-0.3, -0.25) is 9.59 Å². The number of allylic oxidation sites excluding steroid dienone is 2. The van der Waals surface area contributed by atoms with Gasteiger partial charge < -0.3 is 29.4 Å². The van der Waals surface area contributed by atoms with Gasteiger partial charge in [0.15, 0.2) is 0 Å². The highest BCUT2D eigenvalue weighted by Crippen LogP contribution is 2.17. The first-order valence-electron chi connectivity index (χ1n) is 19.2. The second kappa shape index (κ2) is 34.1. The summed E-state index contributed by atoms with van der Waals surface area (Å²) in [5, 5.41) is 11.4. The Hall–Kier alpha value is -3.04. The van der Waals surface area contributed by atoms with Crippen LogP contribution in [0.1, 0.15) is 143 Å². The quantitative estimate of drug-likeness (QED) is 0.0400. The van der Waals surface area contributed by atoms with Gasteiger partial charge in [-0.25, -0.2) is 4.79 Å². The minimum atomic E-state index is -0.663. The SMILES string of the molecule is CCCCCCCC(=O)CCCCCC/C=C/C(C)[C@H](C=O)CCO.CCCCOc1ccc(C[C@H](NC=O)C(=O)OC)cc1.COC(C)(C)C. The van der Waals surface area contributed by atoms with Crippen molar-refractivity contribution in [3.8, 4) is 5.75 Å². The summed E-state index contributed by atoms with van der Waals surface area (Å²) < 4.78 is 15.1. The summed E-state index contributed by atoms with van der Waals surface area (Å²) in [5.74, 6) is 0.906. The van der Waals surface area contributed by atoms with Gasteiger partial charge in [-0.05, 0) is 82.9 Å². The number of carbonyl (C=O) groups is 4. The molecule has 2 N–H and O–H groups in total. The molecule has 1 amide bonds. The van der Waals surface area contributed by atoms with Crippen molar-refractivity contribution in [3.05, 3.63) is 42.0 Å². The van der Waals surface area contributed by atoms with E-state index in [1.807, 2.05) is 52.0 Å². The van der Waals surface area contributed by atoms with Gasteiger partial charge in [0, 0.05) is 38.9 Å². The fourth-order valence-corrected chi connectivity index (χ4v) is 4.77. The summed E-state index contributed by atoms with van der Waals surface area (Å²) in [6, 6.07) is 6.82. The van der Waals surface area contributed by atoms with Crippen LogP contribution in [0.5, 0.6) is 5.75 Å². The molecule has 0 saturated heterocycles. The molecule has 0 bridgehead atoms. The Balaban J connectivity index is 0. The standard InChI is InChI=1S/C22H40O3.C15H21NO4.C5H12O/c1-3-4-5-8-12-15-22(25)16-13-10-7-6-9-11-14-20(2)21(19-24)17-18-23;1-3-4-9-20-13-7-5-12(6-8-13)10-14(16-11-17)15(18)19-2;1-5(2,3)6-4/h11,14,19-21,23H,3-10,12-13,15-18H2,1-2H3;5-8,11,14H,3-4,9-10H2,1-2H3,(H,16,17);1-4H3/b14-11+;;/t20?,21-;14-;/m00./s1. The molecule has 294 valence electrons. The predicted molar refractivity (Wildman–Crippen MR) is 208 cm³/mol. The Morgan fingerprint density at radius 2 is 1.43 bits per heavy atom. The van der Waals surface area contributed by atoms with Gasteiger partial charge in [-0.15, -0.1) is 0 Å². The van der Waals surface area contributed by atoms with E-state index in [1.54, 1.807) is 7.11 Å². The molecular weight excluding hydrogens is 646 g/mol. The average molecular weight is 720 g/mol. The van der Waals surface area contributed by atoms with Crippen molar-refractivity contribution in [2.24, 2.45) is 11.8 Å². The lowest BCUT2D eigenvalue weighted by molar-refractivity contribution is -0.144. The normalized spacial score (nSPS) is 12.7. The molecule has 0 aliphatic rings. The number of unbranched alkanes of at least 4 members (excludes halogenated alkanes) is 9. The van der Waals surface area contributed by atoms with E-state index in [0.717, 1.165) is 81.8 Å². The number of methoxy groups -OCH3 is 2. The highest BCUT2D eigenvalue weighted by molar-refractivity contribution is 5.78. The van der Waals surface area contributed by atoms with Crippen molar-refractivity contribution < 1.29 is 38.5 Å². The monoisotopic (exact) mass is 720 g/mol. The van der Waals surface area contributed by atoms with Gasteiger partial charge in [-0.1, -0.05) is 90.0 Å². The van der Waals surface area contributed by atoms with Gasteiger partial charge in [0.05, 0.1) is 19.3 Å². The van der Waals surface area contributed by atoms with Crippen LogP contribution in [0.3, 0.4) is 0 Å². The Kier molecular flexibility index (Phi) is 33.4.